The molecule has 4 nitrogen and oxygen atoms in total. The summed E-state index contributed by atoms with van der Waals surface area (Å²) >= 11 is 6.04. The van der Waals surface area contributed by atoms with Crippen LogP contribution in [0, 0.1) is 5.92 Å². The molecule has 116 valence electrons. The predicted molar refractivity (Wildman–Crippen MR) is 86.9 cm³/mol. The van der Waals surface area contributed by atoms with Gasteiger partial charge in [0.2, 0.25) is 0 Å². The SMILES string of the molecule is CCCNc1cc(C(=O)N2CCC(CCC)C2)cc(Cl)n1. The first-order chi connectivity index (χ1) is 10.1. The number of amides is 1. The monoisotopic (exact) mass is 309 g/mol. The summed E-state index contributed by atoms with van der Waals surface area (Å²) in [5.41, 5.74) is 0.630. The number of likely N-dealkylation sites (tertiary alicyclic amines) is 1. The number of aromatic nitrogens is 1. The fourth-order valence-electron chi connectivity index (χ4n) is 2.81. The number of pyridine rings is 1. The molecule has 1 saturated heterocycles. The second-order valence-corrected chi connectivity index (χ2v) is 6.07. The van der Waals surface area contributed by atoms with E-state index in [4.69, 9.17) is 11.6 Å². The molecule has 0 bridgehead atoms. The summed E-state index contributed by atoms with van der Waals surface area (Å²) in [5.74, 6) is 1.39. The highest BCUT2D eigenvalue weighted by Crippen LogP contribution is 2.24. The van der Waals surface area contributed by atoms with Crippen molar-refractivity contribution in [1.82, 2.24) is 9.88 Å². The highest BCUT2D eigenvalue weighted by molar-refractivity contribution is 6.29. The van der Waals surface area contributed by atoms with Gasteiger partial charge in [-0.25, -0.2) is 4.98 Å². The van der Waals surface area contributed by atoms with Gasteiger partial charge in [0.05, 0.1) is 0 Å². The number of hydrogen-bond donors (Lipinski definition) is 1. The molecule has 1 aliphatic rings. The van der Waals surface area contributed by atoms with Crippen molar-refractivity contribution in [3.63, 3.8) is 0 Å². The molecule has 0 aliphatic carbocycles. The van der Waals surface area contributed by atoms with E-state index in [1.165, 1.54) is 12.8 Å². The quantitative estimate of drug-likeness (QED) is 0.813. The number of carbonyl (C=O) groups is 1. The van der Waals surface area contributed by atoms with E-state index in [1.54, 1.807) is 12.1 Å². The van der Waals surface area contributed by atoms with Gasteiger partial charge in [0.1, 0.15) is 11.0 Å². The van der Waals surface area contributed by atoms with Gasteiger partial charge < -0.3 is 10.2 Å². The molecular weight excluding hydrogens is 286 g/mol. The lowest BCUT2D eigenvalue weighted by Gasteiger charge is -2.17. The van der Waals surface area contributed by atoms with Crippen molar-refractivity contribution in [1.29, 1.82) is 0 Å². The third-order valence-corrected chi connectivity index (χ3v) is 4.06. The molecule has 2 rings (SSSR count). The molecule has 1 amide bonds. The highest BCUT2D eigenvalue weighted by Gasteiger charge is 2.26. The first-order valence-corrected chi connectivity index (χ1v) is 8.22. The molecule has 1 unspecified atom stereocenters. The van der Waals surface area contributed by atoms with Crippen molar-refractivity contribution >= 4 is 23.3 Å². The number of nitrogens with zero attached hydrogens (tertiary/aromatic N) is 2. The molecule has 1 aliphatic heterocycles. The molecule has 0 spiro atoms. The maximum Gasteiger partial charge on any atom is 0.254 e. The van der Waals surface area contributed by atoms with Crippen molar-refractivity contribution in [2.75, 3.05) is 25.0 Å². The minimum absolute atomic E-state index is 0.0671. The molecular formula is C16H24ClN3O. The number of hydrogen-bond acceptors (Lipinski definition) is 3. The summed E-state index contributed by atoms with van der Waals surface area (Å²) < 4.78 is 0. The van der Waals surface area contributed by atoms with Crippen LogP contribution in [0.1, 0.15) is 49.9 Å². The van der Waals surface area contributed by atoms with E-state index in [2.05, 4.69) is 24.1 Å². The van der Waals surface area contributed by atoms with E-state index in [0.717, 1.165) is 32.5 Å². The van der Waals surface area contributed by atoms with Crippen LogP contribution in [0.4, 0.5) is 5.82 Å². The molecule has 1 atom stereocenters. The average Bonchev–Trinajstić information content (AvgIpc) is 2.93. The van der Waals surface area contributed by atoms with Gasteiger partial charge in [0.15, 0.2) is 0 Å². The van der Waals surface area contributed by atoms with Crippen molar-refractivity contribution in [2.24, 2.45) is 5.92 Å². The Morgan fingerprint density at radius 3 is 2.95 bits per heavy atom. The zero-order chi connectivity index (χ0) is 15.2. The number of carbonyl (C=O) groups excluding carboxylic acids is 1. The Balaban J connectivity index is 2.06. The van der Waals surface area contributed by atoms with Gasteiger partial charge in [-0.3, -0.25) is 4.79 Å². The number of anilines is 1. The molecule has 1 N–H and O–H groups in total. The van der Waals surface area contributed by atoms with E-state index in [1.807, 2.05) is 4.90 Å². The number of halogens is 1. The van der Waals surface area contributed by atoms with Crippen molar-refractivity contribution in [3.8, 4) is 0 Å². The lowest BCUT2D eigenvalue weighted by molar-refractivity contribution is 0.0786. The lowest BCUT2D eigenvalue weighted by atomic mass is 10.0. The Morgan fingerprint density at radius 2 is 2.24 bits per heavy atom. The third-order valence-electron chi connectivity index (χ3n) is 3.87. The second-order valence-electron chi connectivity index (χ2n) is 5.69. The van der Waals surface area contributed by atoms with Crippen LogP contribution >= 0.6 is 11.6 Å². The van der Waals surface area contributed by atoms with E-state index in [9.17, 15) is 4.79 Å². The van der Waals surface area contributed by atoms with Crippen LogP contribution < -0.4 is 5.32 Å². The summed E-state index contributed by atoms with van der Waals surface area (Å²) in [6.07, 6.45) is 4.49. The second kappa shape index (κ2) is 7.64. The smallest absolute Gasteiger partial charge is 0.254 e. The Labute approximate surface area is 131 Å². The zero-order valence-electron chi connectivity index (χ0n) is 12.9. The minimum atomic E-state index is 0.0671. The van der Waals surface area contributed by atoms with E-state index >= 15 is 0 Å². The number of nitrogens with one attached hydrogen (secondary N) is 1. The van der Waals surface area contributed by atoms with Crippen LogP contribution in [0.5, 0.6) is 0 Å². The fraction of sp³-hybridized carbons (Fsp3) is 0.625. The van der Waals surface area contributed by atoms with Gasteiger partial charge in [-0.05, 0) is 37.3 Å². The zero-order valence-corrected chi connectivity index (χ0v) is 13.6. The summed E-state index contributed by atoms with van der Waals surface area (Å²) in [4.78, 5) is 18.7. The van der Waals surface area contributed by atoms with Gasteiger partial charge in [0.25, 0.3) is 5.91 Å². The lowest BCUT2D eigenvalue weighted by Crippen LogP contribution is -2.28. The van der Waals surface area contributed by atoms with Crippen molar-refractivity contribution in [2.45, 2.75) is 39.5 Å². The van der Waals surface area contributed by atoms with Gasteiger partial charge in [-0.1, -0.05) is 31.9 Å². The first-order valence-electron chi connectivity index (χ1n) is 7.84. The van der Waals surface area contributed by atoms with Gasteiger partial charge in [0, 0.05) is 25.2 Å². The van der Waals surface area contributed by atoms with E-state index in [-0.39, 0.29) is 5.91 Å². The van der Waals surface area contributed by atoms with E-state index in [0.29, 0.717) is 22.5 Å². The summed E-state index contributed by atoms with van der Waals surface area (Å²) in [6.45, 7) is 6.81. The molecule has 0 radical (unpaired) electrons. The Bertz CT molecular complexity index is 492. The summed E-state index contributed by atoms with van der Waals surface area (Å²) in [5, 5.41) is 3.55. The molecule has 5 heteroatoms. The van der Waals surface area contributed by atoms with Crippen LogP contribution in [-0.2, 0) is 0 Å². The van der Waals surface area contributed by atoms with Crippen LogP contribution in [0.15, 0.2) is 12.1 Å². The fourth-order valence-corrected chi connectivity index (χ4v) is 3.02. The average molecular weight is 310 g/mol. The van der Waals surface area contributed by atoms with E-state index < -0.39 is 0 Å². The maximum absolute atomic E-state index is 12.6. The first kappa shape index (κ1) is 16.1. The van der Waals surface area contributed by atoms with Gasteiger partial charge in [-0.2, -0.15) is 0 Å². The van der Waals surface area contributed by atoms with Crippen LogP contribution in [0.2, 0.25) is 5.15 Å². The molecule has 0 aromatic carbocycles. The van der Waals surface area contributed by atoms with Crippen molar-refractivity contribution < 1.29 is 4.79 Å². The van der Waals surface area contributed by atoms with Crippen LogP contribution in [0.25, 0.3) is 0 Å². The third kappa shape index (κ3) is 4.34. The highest BCUT2D eigenvalue weighted by atomic mass is 35.5. The van der Waals surface area contributed by atoms with Crippen LogP contribution in [0.3, 0.4) is 0 Å². The molecule has 0 saturated carbocycles. The van der Waals surface area contributed by atoms with Crippen molar-refractivity contribution in [3.05, 3.63) is 22.8 Å². The van der Waals surface area contributed by atoms with Gasteiger partial charge in [-0.15, -0.1) is 0 Å². The summed E-state index contributed by atoms with van der Waals surface area (Å²) in [7, 11) is 0. The van der Waals surface area contributed by atoms with Crippen LogP contribution in [-0.4, -0.2) is 35.4 Å². The Morgan fingerprint density at radius 1 is 1.43 bits per heavy atom. The Hall–Kier alpha value is -1.29. The Kier molecular flexibility index (Phi) is 5.85. The topological polar surface area (TPSA) is 45.2 Å². The maximum atomic E-state index is 12.6. The molecule has 1 aromatic rings. The summed E-state index contributed by atoms with van der Waals surface area (Å²) in [6, 6.07) is 3.46. The van der Waals surface area contributed by atoms with Gasteiger partial charge >= 0.3 is 0 Å². The number of rotatable bonds is 6. The minimum Gasteiger partial charge on any atom is -0.370 e. The molecule has 21 heavy (non-hydrogen) atoms. The molecule has 2 heterocycles. The normalized spacial score (nSPS) is 18.0. The molecule has 1 fully saturated rings. The standard InChI is InChI=1S/C16H24ClN3O/c1-3-5-12-6-8-20(11-12)16(21)13-9-14(17)19-15(10-13)18-7-4-2/h9-10,12H,3-8,11H2,1-2H3,(H,18,19). The predicted octanol–water partition coefficient (Wildman–Crippen LogP) is 3.82. The largest absolute Gasteiger partial charge is 0.370 e. The molecule has 1 aromatic heterocycles.